The average molecular weight is 274 g/mol. The van der Waals surface area contributed by atoms with Gasteiger partial charge in [0.05, 0.1) is 5.69 Å². The van der Waals surface area contributed by atoms with E-state index < -0.39 is 27.6 Å². The van der Waals surface area contributed by atoms with Crippen molar-refractivity contribution < 1.29 is 22.7 Å². The number of benzene rings is 1. The molecule has 0 unspecified atom stereocenters. The third kappa shape index (κ3) is 2.96. The van der Waals surface area contributed by atoms with Gasteiger partial charge in [-0.15, -0.1) is 0 Å². The second kappa shape index (κ2) is 4.54. The van der Waals surface area contributed by atoms with Crippen LogP contribution in [0.15, 0.2) is 18.2 Å². The van der Waals surface area contributed by atoms with Gasteiger partial charge < -0.3 is 5.11 Å². The van der Waals surface area contributed by atoms with Gasteiger partial charge in [0.2, 0.25) is 0 Å². The van der Waals surface area contributed by atoms with Crippen molar-refractivity contribution in [2.75, 3.05) is 4.72 Å². The molecule has 0 saturated heterocycles. The highest BCUT2D eigenvalue weighted by atomic mass is 32.2. The molecule has 0 spiro atoms. The maximum atomic E-state index is 13.3. The van der Waals surface area contributed by atoms with Crippen LogP contribution in [0.25, 0.3) is 0 Å². The predicted octanol–water partition coefficient (Wildman–Crippen LogP) is 0.933. The molecule has 1 saturated carbocycles. The maximum Gasteiger partial charge on any atom is 0.340 e. The molecular formula is C10H11FN2O4S. The first-order valence-electron chi connectivity index (χ1n) is 5.21. The topological polar surface area (TPSA) is 95.5 Å². The van der Waals surface area contributed by atoms with Gasteiger partial charge in [0.25, 0.3) is 10.2 Å². The van der Waals surface area contributed by atoms with Crippen molar-refractivity contribution in [3.8, 4) is 0 Å². The van der Waals surface area contributed by atoms with E-state index in [1.807, 2.05) is 4.72 Å². The van der Waals surface area contributed by atoms with E-state index in [0.717, 1.165) is 18.9 Å². The Morgan fingerprint density at radius 3 is 2.61 bits per heavy atom. The number of carbonyl (C=O) groups is 1. The molecule has 1 aromatic carbocycles. The van der Waals surface area contributed by atoms with Gasteiger partial charge in [-0.3, -0.25) is 4.72 Å². The zero-order valence-electron chi connectivity index (χ0n) is 9.18. The molecule has 1 fully saturated rings. The molecule has 98 valence electrons. The van der Waals surface area contributed by atoms with E-state index in [9.17, 15) is 17.6 Å². The van der Waals surface area contributed by atoms with E-state index in [4.69, 9.17) is 5.11 Å². The molecule has 0 bridgehead atoms. The minimum Gasteiger partial charge on any atom is -0.478 e. The van der Waals surface area contributed by atoms with E-state index in [1.54, 1.807) is 0 Å². The largest absolute Gasteiger partial charge is 0.478 e. The smallest absolute Gasteiger partial charge is 0.340 e. The molecular weight excluding hydrogens is 263 g/mol. The lowest BCUT2D eigenvalue weighted by Crippen LogP contribution is -2.32. The number of nitrogens with one attached hydrogen (secondary N) is 2. The van der Waals surface area contributed by atoms with Crippen molar-refractivity contribution >= 4 is 21.9 Å². The fraction of sp³-hybridized carbons (Fsp3) is 0.300. The van der Waals surface area contributed by atoms with Crippen LogP contribution in [0.4, 0.5) is 10.1 Å². The van der Waals surface area contributed by atoms with Crippen LogP contribution in [0.3, 0.4) is 0 Å². The van der Waals surface area contributed by atoms with Crippen molar-refractivity contribution in [3.05, 3.63) is 29.6 Å². The molecule has 18 heavy (non-hydrogen) atoms. The highest BCUT2D eigenvalue weighted by Gasteiger charge is 2.28. The second-order valence-electron chi connectivity index (χ2n) is 3.97. The number of anilines is 1. The quantitative estimate of drug-likeness (QED) is 0.744. The normalized spacial score (nSPS) is 15.4. The van der Waals surface area contributed by atoms with Crippen LogP contribution in [0.2, 0.25) is 0 Å². The molecule has 1 aliphatic carbocycles. The Labute approximate surface area is 103 Å². The van der Waals surface area contributed by atoms with Crippen molar-refractivity contribution in [2.45, 2.75) is 18.9 Å². The number of halogens is 1. The first-order valence-corrected chi connectivity index (χ1v) is 6.69. The standard InChI is InChI=1S/C10H11FN2O4S/c11-7-2-1-3-8(9(7)10(14)15)13-18(16,17)12-6-4-5-6/h1-3,6,12-13H,4-5H2,(H,14,15). The minimum atomic E-state index is -3.87. The lowest BCUT2D eigenvalue weighted by atomic mass is 10.2. The fourth-order valence-corrected chi connectivity index (χ4v) is 2.61. The van der Waals surface area contributed by atoms with Crippen molar-refractivity contribution in [1.82, 2.24) is 4.72 Å². The van der Waals surface area contributed by atoms with Gasteiger partial charge in [0.1, 0.15) is 11.4 Å². The Morgan fingerprint density at radius 1 is 1.39 bits per heavy atom. The van der Waals surface area contributed by atoms with Gasteiger partial charge in [-0.2, -0.15) is 13.1 Å². The minimum absolute atomic E-state index is 0.121. The van der Waals surface area contributed by atoms with Gasteiger partial charge in [-0.1, -0.05) is 6.07 Å². The fourth-order valence-electron chi connectivity index (χ4n) is 1.42. The summed E-state index contributed by atoms with van der Waals surface area (Å²) in [4.78, 5) is 10.9. The Bertz CT molecular complexity index is 584. The van der Waals surface area contributed by atoms with Crippen LogP contribution in [0.5, 0.6) is 0 Å². The number of rotatable bonds is 5. The van der Waals surface area contributed by atoms with Gasteiger partial charge >= 0.3 is 5.97 Å². The molecule has 8 heteroatoms. The Balaban J connectivity index is 2.28. The number of hydrogen-bond acceptors (Lipinski definition) is 3. The molecule has 0 radical (unpaired) electrons. The van der Waals surface area contributed by atoms with Gasteiger partial charge in [-0.25, -0.2) is 9.18 Å². The zero-order valence-corrected chi connectivity index (χ0v) is 10.00. The zero-order chi connectivity index (χ0) is 13.3. The van der Waals surface area contributed by atoms with E-state index in [1.165, 1.54) is 12.1 Å². The van der Waals surface area contributed by atoms with E-state index >= 15 is 0 Å². The van der Waals surface area contributed by atoms with E-state index in [-0.39, 0.29) is 11.7 Å². The summed E-state index contributed by atoms with van der Waals surface area (Å²) in [6.45, 7) is 0. The van der Waals surface area contributed by atoms with E-state index in [2.05, 4.69) is 4.72 Å². The Kier molecular flexibility index (Phi) is 3.22. The summed E-state index contributed by atoms with van der Waals surface area (Å²) in [7, 11) is -3.87. The summed E-state index contributed by atoms with van der Waals surface area (Å²) in [6, 6.07) is 3.26. The third-order valence-electron chi connectivity index (χ3n) is 2.37. The first-order chi connectivity index (χ1) is 8.39. The highest BCUT2D eigenvalue weighted by Crippen LogP contribution is 2.22. The highest BCUT2D eigenvalue weighted by molar-refractivity contribution is 7.90. The molecule has 1 aliphatic rings. The number of carboxylic acid groups (broad SMARTS) is 1. The van der Waals surface area contributed by atoms with Crippen LogP contribution in [0, 0.1) is 5.82 Å². The molecule has 0 amide bonds. The number of hydrogen-bond donors (Lipinski definition) is 3. The average Bonchev–Trinajstić information content (AvgIpc) is 2.99. The molecule has 0 heterocycles. The lowest BCUT2D eigenvalue weighted by Gasteiger charge is -2.11. The van der Waals surface area contributed by atoms with Crippen LogP contribution in [0.1, 0.15) is 23.2 Å². The van der Waals surface area contributed by atoms with Crippen LogP contribution in [-0.4, -0.2) is 25.5 Å². The van der Waals surface area contributed by atoms with Crippen molar-refractivity contribution in [1.29, 1.82) is 0 Å². The SMILES string of the molecule is O=C(O)c1c(F)cccc1NS(=O)(=O)NC1CC1. The lowest BCUT2D eigenvalue weighted by molar-refractivity contribution is 0.0693. The predicted molar refractivity (Wildman–Crippen MR) is 62.1 cm³/mol. The summed E-state index contributed by atoms with van der Waals surface area (Å²) in [6.07, 6.45) is 1.49. The van der Waals surface area contributed by atoms with E-state index in [0.29, 0.717) is 0 Å². The number of aromatic carboxylic acids is 1. The van der Waals surface area contributed by atoms with Crippen molar-refractivity contribution in [2.24, 2.45) is 0 Å². The summed E-state index contributed by atoms with van der Waals surface area (Å²) in [5, 5.41) is 8.84. The summed E-state index contributed by atoms with van der Waals surface area (Å²) in [5.74, 6) is -2.52. The Hall–Kier alpha value is -1.67. The van der Waals surface area contributed by atoms with Gasteiger partial charge in [-0.05, 0) is 25.0 Å². The molecule has 6 nitrogen and oxygen atoms in total. The van der Waals surface area contributed by atoms with Gasteiger partial charge in [0.15, 0.2) is 0 Å². The van der Waals surface area contributed by atoms with Crippen LogP contribution < -0.4 is 9.44 Å². The summed E-state index contributed by atoms with van der Waals surface area (Å²) >= 11 is 0. The maximum absolute atomic E-state index is 13.3. The summed E-state index contributed by atoms with van der Waals surface area (Å²) < 4.78 is 40.8. The van der Waals surface area contributed by atoms with Crippen LogP contribution in [-0.2, 0) is 10.2 Å². The molecule has 1 aromatic rings. The molecule has 3 N–H and O–H groups in total. The molecule has 2 rings (SSSR count). The number of carboxylic acids is 1. The molecule has 0 aliphatic heterocycles. The molecule has 0 atom stereocenters. The Morgan fingerprint density at radius 2 is 2.06 bits per heavy atom. The summed E-state index contributed by atoms with van der Waals surface area (Å²) in [5.41, 5.74) is -0.991. The van der Waals surface area contributed by atoms with Crippen molar-refractivity contribution in [3.63, 3.8) is 0 Å². The second-order valence-corrected chi connectivity index (χ2v) is 5.41. The first kappa shape index (κ1) is 12.8. The third-order valence-corrected chi connectivity index (χ3v) is 3.50. The molecule has 0 aromatic heterocycles. The van der Waals surface area contributed by atoms with Crippen LogP contribution >= 0.6 is 0 Å². The van der Waals surface area contributed by atoms with Gasteiger partial charge in [0, 0.05) is 6.04 Å². The monoisotopic (exact) mass is 274 g/mol.